The van der Waals surface area contributed by atoms with Crippen molar-refractivity contribution in [1.29, 1.82) is 0 Å². The third-order valence-corrected chi connectivity index (χ3v) is 5.10. The maximum absolute atomic E-state index is 12.4. The Labute approximate surface area is 156 Å². The van der Waals surface area contributed by atoms with Crippen molar-refractivity contribution < 1.29 is 33.3 Å². The van der Waals surface area contributed by atoms with Crippen molar-refractivity contribution in [3.8, 4) is 5.75 Å². The van der Waals surface area contributed by atoms with E-state index in [0.29, 0.717) is 17.7 Å². The number of carbonyl (C=O) groups is 3. The van der Waals surface area contributed by atoms with Crippen LogP contribution in [0.4, 0.5) is 0 Å². The molecule has 1 aromatic rings. The van der Waals surface area contributed by atoms with Gasteiger partial charge in [-0.15, -0.1) is 11.8 Å². The van der Waals surface area contributed by atoms with Crippen molar-refractivity contribution in [3.05, 3.63) is 28.8 Å². The molecule has 0 aliphatic carbocycles. The molecule has 0 bridgehead atoms. The molecule has 1 aromatic carbocycles. The predicted molar refractivity (Wildman–Crippen MR) is 95.3 cm³/mol. The van der Waals surface area contributed by atoms with Gasteiger partial charge in [0.1, 0.15) is 11.2 Å². The summed E-state index contributed by atoms with van der Waals surface area (Å²) in [5.74, 6) is -0.762. The van der Waals surface area contributed by atoms with Crippen LogP contribution in [0.3, 0.4) is 0 Å². The number of thioether (sulfide) groups is 1. The fourth-order valence-electron chi connectivity index (χ4n) is 2.86. The Morgan fingerprint density at radius 3 is 2.38 bits per heavy atom. The Hall–Kier alpha value is -2.06. The van der Waals surface area contributed by atoms with Crippen LogP contribution in [0, 0.1) is 0 Å². The largest absolute Gasteiger partial charge is 0.468 e. The van der Waals surface area contributed by atoms with Crippen LogP contribution in [0.15, 0.2) is 12.1 Å². The maximum Gasteiger partial charge on any atom is 0.337 e. The van der Waals surface area contributed by atoms with Gasteiger partial charge in [-0.1, -0.05) is 0 Å². The minimum atomic E-state index is -1.13. The number of rotatable bonds is 5. The summed E-state index contributed by atoms with van der Waals surface area (Å²) in [6.45, 7) is 5.13. The van der Waals surface area contributed by atoms with Gasteiger partial charge in [0.15, 0.2) is 0 Å². The standard InChI is InChI=1S/C18H22O7S/c1-10(19)25-13-9-11(15(20)22-4)8-12(16-24-6-7-26-16)14(13)18(2,3)17(21)23-5/h8-9,16H,6-7H2,1-5H3. The summed E-state index contributed by atoms with van der Waals surface area (Å²) < 4.78 is 20.8. The minimum Gasteiger partial charge on any atom is -0.468 e. The Kier molecular flexibility index (Phi) is 6.30. The summed E-state index contributed by atoms with van der Waals surface area (Å²) >= 11 is 1.53. The third-order valence-electron chi connectivity index (χ3n) is 4.00. The molecule has 1 aliphatic heterocycles. The van der Waals surface area contributed by atoms with Crippen molar-refractivity contribution in [2.45, 2.75) is 31.6 Å². The van der Waals surface area contributed by atoms with E-state index in [1.807, 2.05) is 0 Å². The lowest BCUT2D eigenvalue weighted by atomic mass is 9.80. The Balaban J connectivity index is 2.76. The van der Waals surface area contributed by atoms with Crippen LogP contribution in [0.2, 0.25) is 0 Å². The van der Waals surface area contributed by atoms with Crippen LogP contribution in [0.5, 0.6) is 5.75 Å². The summed E-state index contributed by atoms with van der Waals surface area (Å²) in [5, 5.41) is 0. The first kappa shape index (κ1) is 20.3. The molecule has 1 heterocycles. The highest BCUT2D eigenvalue weighted by Crippen LogP contribution is 2.45. The lowest BCUT2D eigenvalue weighted by Crippen LogP contribution is -2.33. The van der Waals surface area contributed by atoms with Gasteiger partial charge in [-0.05, 0) is 31.5 Å². The number of carbonyl (C=O) groups excluding carboxylic acids is 3. The second-order valence-corrected chi connectivity index (χ2v) is 7.38. The van der Waals surface area contributed by atoms with E-state index in [2.05, 4.69) is 0 Å². The quantitative estimate of drug-likeness (QED) is 0.567. The number of hydrogen-bond donors (Lipinski definition) is 0. The molecule has 8 heteroatoms. The Morgan fingerprint density at radius 1 is 1.19 bits per heavy atom. The minimum absolute atomic E-state index is 0.113. The predicted octanol–water partition coefficient (Wildman–Crippen LogP) is 2.61. The Bertz CT molecular complexity index is 720. The molecule has 0 aromatic heterocycles. The molecule has 1 atom stereocenters. The topological polar surface area (TPSA) is 88.1 Å². The van der Waals surface area contributed by atoms with E-state index >= 15 is 0 Å². The molecule has 0 spiro atoms. The van der Waals surface area contributed by atoms with E-state index in [1.54, 1.807) is 19.9 Å². The molecule has 0 saturated carbocycles. The molecular formula is C18H22O7S. The van der Waals surface area contributed by atoms with Crippen molar-refractivity contribution in [2.24, 2.45) is 0 Å². The average Bonchev–Trinajstić information content (AvgIpc) is 3.13. The zero-order valence-electron chi connectivity index (χ0n) is 15.4. The summed E-state index contributed by atoms with van der Waals surface area (Å²) in [5.41, 5.74) is -0.281. The van der Waals surface area contributed by atoms with Crippen LogP contribution in [0.1, 0.15) is 47.7 Å². The fourth-order valence-corrected chi connectivity index (χ4v) is 3.82. The molecule has 1 unspecified atom stereocenters. The molecule has 1 aliphatic rings. The second-order valence-electron chi connectivity index (χ2n) is 6.21. The van der Waals surface area contributed by atoms with Gasteiger partial charge in [0, 0.05) is 18.2 Å². The molecular weight excluding hydrogens is 360 g/mol. The molecule has 0 N–H and O–H groups in total. The van der Waals surface area contributed by atoms with Crippen molar-refractivity contribution >= 4 is 29.7 Å². The van der Waals surface area contributed by atoms with Crippen molar-refractivity contribution in [3.63, 3.8) is 0 Å². The van der Waals surface area contributed by atoms with Gasteiger partial charge in [0.25, 0.3) is 0 Å². The summed E-state index contributed by atoms with van der Waals surface area (Å²) in [7, 11) is 2.56. The molecule has 0 radical (unpaired) electrons. The number of methoxy groups -OCH3 is 2. The molecule has 26 heavy (non-hydrogen) atoms. The molecule has 0 amide bonds. The number of esters is 3. The van der Waals surface area contributed by atoms with Gasteiger partial charge in [-0.25, -0.2) is 4.79 Å². The monoisotopic (exact) mass is 382 g/mol. The maximum atomic E-state index is 12.4. The summed E-state index contributed by atoms with van der Waals surface area (Å²) in [6.07, 6.45) is 0. The van der Waals surface area contributed by atoms with E-state index in [9.17, 15) is 14.4 Å². The lowest BCUT2D eigenvalue weighted by molar-refractivity contribution is -0.146. The number of benzene rings is 1. The van der Waals surface area contributed by atoms with E-state index < -0.39 is 28.8 Å². The lowest BCUT2D eigenvalue weighted by Gasteiger charge is -2.29. The van der Waals surface area contributed by atoms with Crippen molar-refractivity contribution in [2.75, 3.05) is 26.6 Å². The first-order valence-electron chi connectivity index (χ1n) is 7.99. The van der Waals surface area contributed by atoms with Crippen LogP contribution < -0.4 is 4.74 Å². The first-order valence-corrected chi connectivity index (χ1v) is 9.04. The van der Waals surface area contributed by atoms with E-state index in [1.165, 1.54) is 39.0 Å². The second kappa shape index (κ2) is 8.09. The highest BCUT2D eigenvalue weighted by molar-refractivity contribution is 7.99. The third kappa shape index (κ3) is 4.02. The van der Waals surface area contributed by atoms with Gasteiger partial charge >= 0.3 is 17.9 Å². The highest BCUT2D eigenvalue weighted by atomic mass is 32.2. The van der Waals surface area contributed by atoms with E-state index in [4.69, 9.17) is 18.9 Å². The molecule has 2 rings (SSSR count). The molecule has 1 saturated heterocycles. The summed E-state index contributed by atoms with van der Waals surface area (Å²) in [4.78, 5) is 36.1. The van der Waals surface area contributed by atoms with Gasteiger partial charge in [-0.2, -0.15) is 0 Å². The average molecular weight is 382 g/mol. The fraction of sp³-hybridized carbons (Fsp3) is 0.500. The molecule has 1 fully saturated rings. The smallest absolute Gasteiger partial charge is 0.337 e. The molecule has 142 valence electrons. The molecule has 7 nitrogen and oxygen atoms in total. The van der Waals surface area contributed by atoms with Gasteiger partial charge in [0.05, 0.1) is 31.8 Å². The summed E-state index contributed by atoms with van der Waals surface area (Å²) in [6, 6.07) is 3.01. The van der Waals surface area contributed by atoms with E-state index in [0.717, 1.165) is 5.75 Å². The van der Waals surface area contributed by atoms with Gasteiger partial charge < -0.3 is 18.9 Å². The van der Waals surface area contributed by atoms with Crippen LogP contribution >= 0.6 is 11.8 Å². The zero-order chi connectivity index (χ0) is 19.5. The van der Waals surface area contributed by atoms with Crippen molar-refractivity contribution in [1.82, 2.24) is 0 Å². The van der Waals surface area contributed by atoms with Crippen LogP contribution in [-0.2, 0) is 29.2 Å². The van der Waals surface area contributed by atoms with Crippen LogP contribution in [0.25, 0.3) is 0 Å². The van der Waals surface area contributed by atoms with Gasteiger partial charge in [-0.3, -0.25) is 9.59 Å². The normalized spacial score (nSPS) is 16.9. The SMILES string of the molecule is COC(=O)c1cc(OC(C)=O)c(C(C)(C)C(=O)OC)c(C2OCCS2)c1. The van der Waals surface area contributed by atoms with E-state index in [-0.39, 0.29) is 11.3 Å². The van der Waals surface area contributed by atoms with Crippen LogP contribution in [-0.4, -0.2) is 44.5 Å². The highest BCUT2D eigenvalue weighted by Gasteiger charge is 2.40. The number of hydrogen-bond acceptors (Lipinski definition) is 8. The van der Waals surface area contributed by atoms with Gasteiger partial charge in [0.2, 0.25) is 0 Å². The first-order chi connectivity index (χ1) is 12.2. The Morgan fingerprint density at radius 2 is 1.88 bits per heavy atom. The zero-order valence-corrected chi connectivity index (χ0v) is 16.2. The number of ether oxygens (including phenoxy) is 4.